The molecule has 0 atom stereocenters. The highest BCUT2D eigenvalue weighted by molar-refractivity contribution is 6.06. The van der Waals surface area contributed by atoms with E-state index in [9.17, 15) is 4.79 Å². The summed E-state index contributed by atoms with van der Waals surface area (Å²) in [6.07, 6.45) is 6.60. The third-order valence-corrected chi connectivity index (χ3v) is 3.29. The van der Waals surface area contributed by atoms with E-state index in [2.05, 4.69) is 25.7 Å². The van der Waals surface area contributed by atoms with Crippen molar-refractivity contribution >= 4 is 11.6 Å². The monoisotopic (exact) mass is 311 g/mol. The molecule has 0 fully saturated rings. The SMILES string of the molecule is Cc1ccc(C(=O)Nc2cnn(C(C)C)c2)c(-n2ccnn2)n1. The molecule has 0 saturated carbocycles. The largest absolute Gasteiger partial charge is 0.319 e. The number of rotatable bonds is 4. The molecule has 3 rings (SSSR count). The highest BCUT2D eigenvalue weighted by Crippen LogP contribution is 2.16. The van der Waals surface area contributed by atoms with E-state index in [1.54, 1.807) is 41.6 Å². The number of hydrogen-bond acceptors (Lipinski definition) is 5. The number of hydrogen-bond donors (Lipinski definition) is 1. The van der Waals surface area contributed by atoms with Crippen LogP contribution in [0.4, 0.5) is 5.69 Å². The first-order valence-electron chi connectivity index (χ1n) is 7.24. The van der Waals surface area contributed by atoms with E-state index in [0.717, 1.165) is 5.69 Å². The zero-order valence-corrected chi connectivity index (χ0v) is 13.1. The van der Waals surface area contributed by atoms with Crippen LogP contribution < -0.4 is 5.32 Å². The van der Waals surface area contributed by atoms with E-state index in [-0.39, 0.29) is 11.9 Å². The number of carbonyl (C=O) groups is 1. The number of pyridine rings is 1. The van der Waals surface area contributed by atoms with Crippen molar-refractivity contribution < 1.29 is 4.79 Å². The summed E-state index contributed by atoms with van der Waals surface area (Å²) in [6.45, 7) is 5.89. The predicted molar refractivity (Wildman–Crippen MR) is 84.5 cm³/mol. The smallest absolute Gasteiger partial charge is 0.259 e. The molecule has 3 heterocycles. The van der Waals surface area contributed by atoms with E-state index < -0.39 is 0 Å². The van der Waals surface area contributed by atoms with Gasteiger partial charge in [0.2, 0.25) is 0 Å². The predicted octanol–water partition coefficient (Wildman–Crippen LogP) is 2.00. The quantitative estimate of drug-likeness (QED) is 0.796. The fourth-order valence-electron chi connectivity index (χ4n) is 2.10. The molecule has 1 N–H and O–H groups in total. The average Bonchev–Trinajstić information content (AvgIpc) is 3.18. The molecule has 0 radical (unpaired) electrons. The Bertz CT molecular complexity index is 820. The number of aromatic nitrogens is 6. The lowest BCUT2D eigenvalue weighted by Crippen LogP contribution is -2.16. The Morgan fingerprint density at radius 2 is 2.13 bits per heavy atom. The van der Waals surface area contributed by atoms with Gasteiger partial charge in [-0.25, -0.2) is 9.67 Å². The second kappa shape index (κ2) is 5.99. The molecule has 8 heteroatoms. The molecule has 0 aliphatic carbocycles. The summed E-state index contributed by atoms with van der Waals surface area (Å²) in [6, 6.07) is 3.74. The van der Waals surface area contributed by atoms with Crippen molar-refractivity contribution in [1.82, 2.24) is 29.8 Å². The third kappa shape index (κ3) is 3.10. The van der Waals surface area contributed by atoms with Crippen LogP contribution in [-0.4, -0.2) is 35.7 Å². The second-order valence-corrected chi connectivity index (χ2v) is 5.43. The van der Waals surface area contributed by atoms with Crippen molar-refractivity contribution in [2.45, 2.75) is 26.8 Å². The van der Waals surface area contributed by atoms with Crippen LogP contribution in [0.1, 0.15) is 35.9 Å². The van der Waals surface area contributed by atoms with Crippen LogP contribution in [0.5, 0.6) is 0 Å². The van der Waals surface area contributed by atoms with Crippen molar-refractivity contribution in [2.24, 2.45) is 0 Å². The van der Waals surface area contributed by atoms with Gasteiger partial charge >= 0.3 is 0 Å². The number of anilines is 1. The van der Waals surface area contributed by atoms with Gasteiger partial charge < -0.3 is 5.32 Å². The molecule has 1 amide bonds. The van der Waals surface area contributed by atoms with Gasteiger partial charge in [0.05, 0.1) is 29.8 Å². The molecular formula is C15H17N7O. The van der Waals surface area contributed by atoms with Gasteiger partial charge in [0.15, 0.2) is 5.82 Å². The first-order chi connectivity index (χ1) is 11.0. The molecule has 0 unspecified atom stereocenters. The first-order valence-corrected chi connectivity index (χ1v) is 7.24. The van der Waals surface area contributed by atoms with Crippen LogP contribution in [0.15, 0.2) is 36.9 Å². The Morgan fingerprint density at radius 3 is 2.78 bits per heavy atom. The molecule has 0 aliphatic rings. The highest BCUT2D eigenvalue weighted by Gasteiger charge is 2.16. The van der Waals surface area contributed by atoms with Crippen molar-refractivity contribution in [1.29, 1.82) is 0 Å². The number of nitrogens with zero attached hydrogens (tertiary/aromatic N) is 6. The van der Waals surface area contributed by atoms with Crippen molar-refractivity contribution in [3.8, 4) is 5.82 Å². The van der Waals surface area contributed by atoms with Gasteiger partial charge in [0.25, 0.3) is 5.91 Å². The summed E-state index contributed by atoms with van der Waals surface area (Å²) >= 11 is 0. The summed E-state index contributed by atoms with van der Waals surface area (Å²) in [5, 5.41) is 14.7. The van der Waals surface area contributed by atoms with Gasteiger partial charge in [-0.2, -0.15) is 5.10 Å². The molecule has 0 saturated heterocycles. The van der Waals surface area contributed by atoms with Gasteiger partial charge in [0.1, 0.15) is 0 Å². The fraction of sp³-hybridized carbons (Fsp3) is 0.267. The van der Waals surface area contributed by atoms with Crippen LogP contribution in [0.2, 0.25) is 0 Å². The summed E-state index contributed by atoms with van der Waals surface area (Å²) in [5.41, 5.74) is 1.84. The molecule has 23 heavy (non-hydrogen) atoms. The summed E-state index contributed by atoms with van der Waals surface area (Å²) in [7, 11) is 0. The minimum absolute atomic E-state index is 0.229. The summed E-state index contributed by atoms with van der Waals surface area (Å²) < 4.78 is 3.25. The van der Waals surface area contributed by atoms with Crippen molar-refractivity contribution in [2.75, 3.05) is 5.32 Å². The van der Waals surface area contributed by atoms with E-state index in [1.165, 1.54) is 4.68 Å². The van der Waals surface area contributed by atoms with E-state index in [4.69, 9.17) is 0 Å². The Hall–Kier alpha value is -3.03. The third-order valence-electron chi connectivity index (χ3n) is 3.29. The van der Waals surface area contributed by atoms with Crippen LogP contribution in [-0.2, 0) is 0 Å². The first kappa shape index (κ1) is 14.9. The fourth-order valence-corrected chi connectivity index (χ4v) is 2.10. The molecule has 0 spiro atoms. The molecule has 0 bridgehead atoms. The van der Waals surface area contributed by atoms with Crippen molar-refractivity contribution in [3.05, 3.63) is 48.2 Å². The van der Waals surface area contributed by atoms with E-state index >= 15 is 0 Å². The Morgan fingerprint density at radius 1 is 1.30 bits per heavy atom. The summed E-state index contributed by atoms with van der Waals surface area (Å²) in [5.74, 6) is 0.169. The van der Waals surface area contributed by atoms with Gasteiger partial charge in [-0.05, 0) is 32.9 Å². The lowest BCUT2D eigenvalue weighted by atomic mass is 10.2. The highest BCUT2D eigenvalue weighted by atomic mass is 16.1. The molecule has 3 aromatic rings. The molecule has 0 aliphatic heterocycles. The van der Waals surface area contributed by atoms with E-state index in [0.29, 0.717) is 17.1 Å². The van der Waals surface area contributed by atoms with Crippen molar-refractivity contribution in [3.63, 3.8) is 0 Å². The number of nitrogens with one attached hydrogen (secondary N) is 1. The van der Waals surface area contributed by atoms with Gasteiger partial charge in [-0.15, -0.1) is 5.10 Å². The zero-order valence-electron chi connectivity index (χ0n) is 13.1. The van der Waals surface area contributed by atoms with Gasteiger partial charge in [-0.1, -0.05) is 5.21 Å². The van der Waals surface area contributed by atoms with Crippen LogP contribution in [0.25, 0.3) is 5.82 Å². The lowest BCUT2D eigenvalue weighted by molar-refractivity contribution is 0.102. The summed E-state index contributed by atoms with van der Waals surface area (Å²) in [4.78, 5) is 17.0. The number of carbonyl (C=O) groups excluding carboxylic acids is 1. The standard InChI is InChI=1S/C15H17N7O/c1-10(2)22-9-12(8-17-22)19-15(23)13-5-4-11(3)18-14(13)21-7-6-16-20-21/h4-10H,1-3H3,(H,19,23). The zero-order chi connectivity index (χ0) is 16.4. The lowest BCUT2D eigenvalue weighted by Gasteiger charge is -2.09. The second-order valence-electron chi connectivity index (χ2n) is 5.43. The van der Waals surface area contributed by atoms with Gasteiger partial charge in [0, 0.05) is 17.9 Å². The normalized spacial score (nSPS) is 11.0. The molecular weight excluding hydrogens is 294 g/mol. The van der Waals surface area contributed by atoms with Crippen LogP contribution in [0, 0.1) is 6.92 Å². The maximum atomic E-state index is 12.6. The number of aryl methyl sites for hydroxylation is 1. The van der Waals surface area contributed by atoms with Crippen LogP contribution >= 0.6 is 0 Å². The molecule has 118 valence electrons. The minimum atomic E-state index is -0.272. The molecule has 3 aromatic heterocycles. The van der Waals surface area contributed by atoms with Crippen LogP contribution in [0.3, 0.4) is 0 Å². The number of amides is 1. The average molecular weight is 311 g/mol. The topological polar surface area (TPSA) is 90.5 Å². The maximum Gasteiger partial charge on any atom is 0.259 e. The van der Waals surface area contributed by atoms with Gasteiger partial charge in [-0.3, -0.25) is 9.48 Å². The minimum Gasteiger partial charge on any atom is -0.319 e. The Balaban J connectivity index is 1.90. The Kier molecular flexibility index (Phi) is 3.88. The Labute approximate surface area is 133 Å². The molecule has 8 nitrogen and oxygen atoms in total. The van der Waals surface area contributed by atoms with E-state index in [1.807, 2.05) is 20.8 Å². The molecule has 0 aromatic carbocycles. The maximum absolute atomic E-state index is 12.6.